The molecule has 0 fully saturated rings. The number of hydrogen-bond acceptors (Lipinski definition) is 4. The lowest BCUT2D eigenvalue weighted by molar-refractivity contribution is -0.115. The fourth-order valence-electron chi connectivity index (χ4n) is 3.18. The molecule has 138 valence electrons. The van der Waals surface area contributed by atoms with Gasteiger partial charge in [0.15, 0.2) is 0 Å². The Kier molecular flexibility index (Phi) is 4.45. The summed E-state index contributed by atoms with van der Waals surface area (Å²) in [7, 11) is 0. The van der Waals surface area contributed by atoms with Gasteiger partial charge in [0, 0.05) is 11.9 Å². The standard InChI is InChI=1S/C22H17N3O3/c1-14-5-2-3-6-15(14)13-19(26)24-16-8-10-17(11-9-16)25-21(27)18-7-4-12-23-20(18)22(25)28/h2-12H,13H2,1H3,(H,24,26). The highest BCUT2D eigenvalue weighted by Gasteiger charge is 2.37. The number of carbonyl (C=O) groups is 3. The number of benzene rings is 2. The van der Waals surface area contributed by atoms with Gasteiger partial charge in [0.25, 0.3) is 11.8 Å². The molecule has 0 unspecified atom stereocenters. The third-order valence-corrected chi connectivity index (χ3v) is 4.67. The van der Waals surface area contributed by atoms with Gasteiger partial charge >= 0.3 is 0 Å². The number of hydrogen-bond donors (Lipinski definition) is 1. The minimum Gasteiger partial charge on any atom is -0.326 e. The monoisotopic (exact) mass is 371 g/mol. The zero-order valence-corrected chi connectivity index (χ0v) is 15.2. The first-order valence-electron chi connectivity index (χ1n) is 8.83. The Morgan fingerprint density at radius 3 is 2.43 bits per heavy atom. The van der Waals surface area contributed by atoms with Crippen LogP contribution >= 0.6 is 0 Å². The third-order valence-electron chi connectivity index (χ3n) is 4.67. The number of aromatic nitrogens is 1. The predicted molar refractivity (Wildman–Crippen MR) is 105 cm³/mol. The van der Waals surface area contributed by atoms with Gasteiger partial charge in [-0.05, 0) is 54.4 Å². The van der Waals surface area contributed by atoms with Gasteiger partial charge in [-0.25, -0.2) is 4.90 Å². The minimum absolute atomic E-state index is 0.132. The molecule has 1 N–H and O–H groups in total. The van der Waals surface area contributed by atoms with Crippen molar-refractivity contribution >= 4 is 29.1 Å². The molecule has 0 aliphatic carbocycles. The molecular weight excluding hydrogens is 354 g/mol. The van der Waals surface area contributed by atoms with Crippen LogP contribution in [0.3, 0.4) is 0 Å². The molecule has 1 aromatic heterocycles. The van der Waals surface area contributed by atoms with Crippen molar-refractivity contribution < 1.29 is 14.4 Å². The summed E-state index contributed by atoms with van der Waals surface area (Å²) in [6, 6.07) is 17.5. The summed E-state index contributed by atoms with van der Waals surface area (Å²) in [4.78, 5) is 42.4. The van der Waals surface area contributed by atoms with E-state index < -0.39 is 11.8 Å². The normalized spacial score (nSPS) is 12.8. The summed E-state index contributed by atoms with van der Waals surface area (Å²) in [5.74, 6) is -0.978. The van der Waals surface area contributed by atoms with Gasteiger partial charge in [-0.2, -0.15) is 0 Å². The second-order valence-electron chi connectivity index (χ2n) is 6.54. The quantitative estimate of drug-likeness (QED) is 0.713. The maximum atomic E-state index is 12.5. The molecule has 0 spiro atoms. The molecule has 2 aromatic carbocycles. The van der Waals surface area contributed by atoms with Crippen molar-refractivity contribution in [3.05, 3.63) is 89.2 Å². The number of aryl methyl sites for hydroxylation is 1. The van der Waals surface area contributed by atoms with Crippen molar-refractivity contribution in [1.82, 2.24) is 4.98 Å². The molecule has 1 aliphatic rings. The molecule has 4 rings (SSSR count). The Hall–Kier alpha value is -3.80. The van der Waals surface area contributed by atoms with Gasteiger partial charge in [-0.3, -0.25) is 19.4 Å². The van der Waals surface area contributed by atoms with Gasteiger partial charge in [0.1, 0.15) is 5.69 Å². The number of nitrogens with one attached hydrogen (secondary N) is 1. The zero-order chi connectivity index (χ0) is 19.7. The molecule has 0 saturated heterocycles. The number of amides is 3. The molecule has 0 saturated carbocycles. The molecule has 6 heteroatoms. The van der Waals surface area contributed by atoms with Crippen molar-refractivity contribution in [3.63, 3.8) is 0 Å². The first kappa shape index (κ1) is 17.6. The molecule has 0 atom stereocenters. The topological polar surface area (TPSA) is 79.4 Å². The number of fused-ring (bicyclic) bond motifs is 1. The van der Waals surface area contributed by atoms with Crippen molar-refractivity contribution in [2.24, 2.45) is 0 Å². The number of nitrogens with zero attached hydrogens (tertiary/aromatic N) is 2. The van der Waals surface area contributed by atoms with Gasteiger partial charge in [-0.1, -0.05) is 24.3 Å². The Bertz CT molecular complexity index is 1060. The fraction of sp³-hybridized carbons (Fsp3) is 0.0909. The first-order chi connectivity index (χ1) is 13.5. The van der Waals surface area contributed by atoms with Crippen LogP contribution in [0.15, 0.2) is 66.9 Å². The van der Waals surface area contributed by atoms with E-state index in [1.165, 1.54) is 6.20 Å². The number of anilines is 2. The fourth-order valence-corrected chi connectivity index (χ4v) is 3.18. The van der Waals surface area contributed by atoms with Gasteiger partial charge in [0.2, 0.25) is 5.91 Å². The molecule has 3 aromatic rings. The number of imide groups is 1. The Balaban J connectivity index is 1.48. The summed E-state index contributed by atoms with van der Waals surface area (Å²) < 4.78 is 0. The largest absolute Gasteiger partial charge is 0.326 e. The van der Waals surface area contributed by atoms with Crippen LogP contribution in [0.4, 0.5) is 11.4 Å². The average molecular weight is 371 g/mol. The number of carbonyl (C=O) groups excluding carboxylic acids is 3. The number of pyridine rings is 1. The van der Waals surface area contributed by atoms with Crippen LogP contribution in [0.25, 0.3) is 0 Å². The van der Waals surface area contributed by atoms with Crippen LogP contribution < -0.4 is 10.2 Å². The molecule has 3 amide bonds. The summed E-state index contributed by atoms with van der Waals surface area (Å²) in [5, 5.41) is 2.84. The maximum Gasteiger partial charge on any atom is 0.284 e. The third kappa shape index (κ3) is 3.16. The highest BCUT2D eigenvalue weighted by Crippen LogP contribution is 2.28. The van der Waals surface area contributed by atoms with Crippen molar-refractivity contribution in [2.45, 2.75) is 13.3 Å². The van der Waals surface area contributed by atoms with Crippen LogP contribution in [0, 0.1) is 6.92 Å². The van der Waals surface area contributed by atoms with E-state index in [1.807, 2.05) is 31.2 Å². The van der Waals surface area contributed by atoms with Crippen molar-refractivity contribution in [1.29, 1.82) is 0 Å². The first-order valence-corrected chi connectivity index (χ1v) is 8.83. The van der Waals surface area contributed by atoms with E-state index in [1.54, 1.807) is 36.4 Å². The predicted octanol–water partition coefficient (Wildman–Crippen LogP) is 3.37. The molecule has 0 bridgehead atoms. The molecule has 1 aliphatic heterocycles. The van der Waals surface area contributed by atoms with E-state index in [9.17, 15) is 14.4 Å². The lowest BCUT2D eigenvalue weighted by Crippen LogP contribution is -2.29. The van der Waals surface area contributed by atoms with Crippen molar-refractivity contribution in [2.75, 3.05) is 10.2 Å². The van der Waals surface area contributed by atoms with Gasteiger partial charge < -0.3 is 5.32 Å². The molecule has 2 heterocycles. The molecule has 6 nitrogen and oxygen atoms in total. The summed E-state index contributed by atoms with van der Waals surface area (Å²) in [6.45, 7) is 1.97. The Labute approximate surface area is 161 Å². The average Bonchev–Trinajstić information content (AvgIpc) is 2.95. The van der Waals surface area contributed by atoms with Gasteiger partial charge in [0.05, 0.1) is 17.7 Å². The number of rotatable bonds is 4. The smallest absolute Gasteiger partial charge is 0.284 e. The SMILES string of the molecule is Cc1ccccc1CC(=O)Nc1ccc(N2C(=O)c3cccnc3C2=O)cc1. The molecule has 0 radical (unpaired) electrons. The van der Waals surface area contributed by atoms with E-state index in [0.29, 0.717) is 16.9 Å². The second-order valence-corrected chi connectivity index (χ2v) is 6.54. The highest BCUT2D eigenvalue weighted by atomic mass is 16.2. The van der Waals surface area contributed by atoms with Crippen LogP contribution in [0.5, 0.6) is 0 Å². The minimum atomic E-state index is -0.447. The Morgan fingerprint density at radius 1 is 0.964 bits per heavy atom. The lowest BCUT2D eigenvalue weighted by atomic mass is 10.1. The lowest BCUT2D eigenvalue weighted by Gasteiger charge is -2.14. The van der Waals surface area contributed by atoms with Gasteiger partial charge in [-0.15, -0.1) is 0 Å². The zero-order valence-electron chi connectivity index (χ0n) is 15.2. The van der Waals surface area contributed by atoms with Crippen molar-refractivity contribution in [3.8, 4) is 0 Å². The molecule has 28 heavy (non-hydrogen) atoms. The van der Waals surface area contributed by atoms with Crippen LogP contribution in [0.1, 0.15) is 32.0 Å². The van der Waals surface area contributed by atoms with Crippen LogP contribution in [-0.4, -0.2) is 22.7 Å². The molecular formula is C22H17N3O3. The maximum absolute atomic E-state index is 12.5. The van der Waals surface area contributed by atoms with E-state index in [-0.39, 0.29) is 18.0 Å². The van der Waals surface area contributed by atoms with Crippen LogP contribution in [-0.2, 0) is 11.2 Å². The highest BCUT2D eigenvalue weighted by molar-refractivity contribution is 6.33. The summed E-state index contributed by atoms with van der Waals surface area (Å²) >= 11 is 0. The van der Waals surface area contributed by atoms with E-state index in [0.717, 1.165) is 16.0 Å². The summed E-state index contributed by atoms with van der Waals surface area (Å²) in [6.07, 6.45) is 1.76. The van der Waals surface area contributed by atoms with E-state index >= 15 is 0 Å². The van der Waals surface area contributed by atoms with E-state index in [2.05, 4.69) is 10.3 Å². The van der Waals surface area contributed by atoms with E-state index in [4.69, 9.17) is 0 Å². The second kappa shape index (κ2) is 7.08. The Morgan fingerprint density at radius 2 is 1.71 bits per heavy atom. The summed E-state index contributed by atoms with van der Waals surface area (Å²) in [5.41, 5.74) is 3.51. The van der Waals surface area contributed by atoms with Crippen LogP contribution in [0.2, 0.25) is 0 Å².